The van der Waals surface area contributed by atoms with E-state index in [1.807, 2.05) is 0 Å². The predicted octanol–water partition coefficient (Wildman–Crippen LogP) is 4.41. The van der Waals surface area contributed by atoms with Gasteiger partial charge in [0.1, 0.15) is 5.75 Å². The summed E-state index contributed by atoms with van der Waals surface area (Å²) in [4.78, 5) is 0. The average molecular weight is 351 g/mol. The van der Waals surface area contributed by atoms with Crippen molar-refractivity contribution in [1.82, 2.24) is 0 Å². The molecule has 0 spiro atoms. The highest BCUT2D eigenvalue weighted by molar-refractivity contribution is 9.10. The minimum Gasteiger partial charge on any atom is -0.495 e. The van der Waals surface area contributed by atoms with E-state index in [0.717, 1.165) is 5.56 Å². The maximum absolute atomic E-state index is 6.18. The molecule has 3 nitrogen and oxygen atoms in total. The van der Waals surface area contributed by atoms with Gasteiger partial charge >= 0.3 is 0 Å². The number of hydrogen-bond donors (Lipinski definition) is 1. The lowest BCUT2D eigenvalue weighted by Crippen LogP contribution is -2.12. The molecule has 0 saturated carbocycles. The highest BCUT2D eigenvalue weighted by Gasteiger charge is 2.19. The fourth-order valence-corrected chi connectivity index (χ4v) is 2.64. The molecule has 0 fully saturated rings. The van der Waals surface area contributed by atoms with Crippen molar-refractivity contribution in [2.75, 3.05) is 7.11 Å². The van der Waals surface area contributed by atoms with Crippen molar-refractivity contribution in [3.63, 3.8) is 0 Å². The van der Waals surface area contributed by atoms with Crippen LogP contribution in [0.4, 0.5) is 0 Å². The minimum atomic E-state index is -0.422. The van der Waals surface area contributed by atoms with E-state index in [1.165, 1.54) is 7.11 Å². The molecule has 1 atom stereocenters. The fourth-order valence-electron chi connectivity index (χ4n) is 1.63. The van der Waals surface area contributed by atoms with E-state index >= 15 is 0 Å². The molecule has 6 heteroatoms. The summed E-state index contributed by atoms with van der Waals surface area (Å²) in [6.07, 6.45) is 1.55. The maximum atomic E-state index is 6.18. The van der Waals surface area contributed by atoms with Gasteiger partial charge in [-0.25, -0.2) is 0 Å². The summed E-state index contributed by atoms with van der Waals surface area (Å²) >= 11 is 15.5. The monoisotopic (exact) mass is 349 g/mol. The zero-order valence-corrected chi connectivity index (χ0v) is 12.5. The number of benzene rings is 1. The number of nitrogens with two attached hydrogens (primary N) is 1. The molecule has 1 unspecified atom stereocenters. The van der Waals surface area contributed by atoms with Gasteiger partial charge < -0.3 is 14.9 Å². The fraction of sp³-hybridized carbons (Fsp3) is 0.167. The molecule has 0 radical (unpaired) electrons. The smallest absolute Gasteiger partial charge is 0.174 e. The van der Waals surface area contributed by atoms with Crippen LogP contribution in [-0.2, 0) is 0 Å². The third kappa shape index (κ3) is 2.52. The van der Waals surface area contributed by atoms with Gasteiger partial charge in [-0.1, -0.05) is 23.2 Å². The predicted molar refractivity (Wildman–Crippen MR) is 75.5 cm³/mol. The minimum absolute atomic E-state index is 0.422. The molecule has 2 rings (SSSR count). The first-order chi connectivity index (χ1) is 8.54. The van der Waals surface area contributed by atoms with E-state index < -0.39 is 6.04 Å². The van der Waals surface area contributed by atoms with E-state index in [2.05, 4.69) is 15.9 Å². The van der Waals surface area contributed by atoms with Gasteiger partial charge in [-0.2, -0.15) is 0 Å². The Morgan fingerprint density at radius 3 is 2.56 bits per heavy atom. The topological polar surface area (TPSA) is 48.4 Å². The first kappa shape index (κ1) is 13.7. The Balaban J connectivity index is 2.46. The van der Waals surface area contributed by atoms with Gasteiger partial charge in [0.15, 0.2) is 4.67 Å². The van der Waals surface area contributed by atoms with Gasteiger partial charge in [0, 0.05) is 16.7 Å². The summed E-state index contributed by atoms with van der Waals surface area (Å²) < 4.78 is 10.8. The Morgan fingerprint density at radius 2 is 2.00 bits per heavy atom. The Hall–Kier alpha value is -0.680. The molecule has 0 aliphatic heterocycles. The standard InChI is InChI=1S/C12H10BrCl2NO2/c1-17-10-5-8(14)7(4-9(10)15)11(16)6-2-3-18-12(6)13/h2-5,11H,16H2,1H3. The van der Waals surface area contributed by atoms with Crippen LogP contribution in [0.2, 0.25) is 10.0 Å². The number of methoxy groups -OCH3 is 1. The largest absolute Gasteiger partial charge is 0.495 e. The summed E-state index contributed by atoms with van der Waals surface area (Å²) in [5.74, 6) is 0.517. The van der Waals surface area contributed by atoms with Gasteiger partial charge in [-0.3, -0.25) is 0 Å². The normalized spacial score (nSPS) is 12.5. The first-order valence-electron chi connectivity index (χ1n) is 5.06. The quantitative estimate of drug-likeness (QED) is 0.892. The molecule has 1 heterocycles. The van der Waals surface area contributed by atoms with Crippen molar-refractivity contribution in [3.05, 3.63) is 50.3 Å². The number of furan rings is 1. The lowest BCUT2D eigenvalue weighted by atomic mass is 10.0. The number of ether oxygens (including phenoxy) is 1. The first-order valence-corrected chi connectivity index (χ1v) is 6.61. The van der Waals surface area contributed by atoms with Gasteiger partial charge in [-0.15, -0.1) is 0 Å². The summed E-state index contributed by atoms with van der Waals surface area (Å²) in [5, 5.41) is 0.962. The van der Waals surface area contributed by atoms with E-state index in [9.17, 15) is 0 Å². The van der Waals surface area contributed by atoms with E-state index in [1.54, 1.807) is 24.5 Å². The van der Waals surface area contributed by atoms with Crippen LogP contribution in [0.25, 0.3) is 0 Å². The number of halogens is 3. The Morgan fingerprint density at radius 1 is 1.28 bits per heavy atom. The van der Waals surface area contributed by atoms with E-state index in [0.29, 0.717) is 26.0 Å². The maximum Gasteiger partial charge on any atom is 0.174 e. The zero-order valence-electron chi connectivity index (χ0n) is 9.41. The molecule has 0 aliphatic carbocycles. The van der Waals surface area contributed by atoms with Crippen LogP contribution in [0.3, 0.4) is 0 Å². The van der Waals surface area contributed by atoms with E-state index in [4.69, 9.17) is 38.1 Å². The van der Waals surface area contributed by atoms with Gasteiger partial charge in [0.25, 0.3) is 0 Å². The number of hydrogen-bond acceptors (Lipinski definition) is 3. The summed E-state index contributed by atoms with van der Waals surface area (Å²) in [7, 11) is 1.53. The van der Waals surface area contributed by atoms with Crippen LogP contribution in [0.1, 0.15) is 17.2 Å². The molecule has 18 heavy (non-hydrogen) atoms. The Kier molecular flexibility index (Phi) is 4.22. The Labute approximate surface area is 123 Å². The molecule has 1 aromatic carbocycles. The summed E-state index contributed by atoms with van der Waals surface area (Å²) in [6, 6.07) is 4.71. The molecule has 0 bridgehead atoms. The molecular weight excluding hydrogens is 341 g/mol. The van der Waals surface area contributed by atoms with Crippen molar-refractivity contribution in [3.8, 4) is 5.75 Å². The SMILES string of the molecule is COc1cc(Cl)c(C(N)c2ccoc2Br)cc1Cl. The van der Waals surface area contributed by atoms with Crippen molar-refractivity contribution in [2.24, 2.45) is 5.73 Å². The van der Waals surface area contributed by atoms with Crippen molar-refractivity contribution in [1.29, 1.82) is 0 Å². The van der Waals surface area contributed by atoms with Gasteiger partial charge in [-0.05, 0) is 33.6 Å². The molecule has 0 saturated heterocycles. The molecule has 0 amide bonds. The second-order valence-corrected chi connectivity index (χ2v) is 5.17. The van der Waals surface area contributed by atoms with Crippen LogP contribution in [0.15, 0.2) is 33.5 Å². The molecule has 2 N–H and O–H groups in total. The highest BCUT2D eigenvalue weighted by Crippen LogP contribution is 2.37. The van der Waals surface area contributed by atoms with Crippen LogP contribution in [-0.4, -0.2) is 7.11 Å². The van der Waals surface area contributed by atoms with Crippen molar-refractivity contribution in [2.45, 2.75) is 6.04 Å². The summed E-state index contributed by atoms with van der Waals surface area (Å²) in [6.45, 7) is 0. The van der Waals surface area contributed by atoms with Crippen LogP contribution < -0.4 is 10.5 Å². The molecular formula is C12H10BrCl2NO2. The highest BCUT2D eigenvalue weighted by atomic mass is 79.9. The molecule has 0 aliphatic rings. The second-order valence-electron chi connectivity index (χ2n) is 3.64. The number of rotatable bonds is 3. The third-order valence-electron chi connectivity index (χ3n) is 2.59. The second kappa shape index (κ2) is 5.53. The average Bonchev–Trinajstić information content (AvgIpc) is 2.77. The lowest BCUT2D eigenvalue weighted by Gasteiger charge is -2.14. The molecule has 96 valence electrons. The molecule has 2 aromatic rings. The van der Waals surface area contributed by atoms with Gasteiger partial charge in [0.05, 0.1) is 24.4 Å². The van der Waals surface area contributed by atoms with Crippen LogP contribution in [0.5, 0.6) is 5.75 Å². The van der Waals surface area contributed by atoms with Gasteiger partial charge in [0.2, 0.25) is 0 Å². The van der Waals surface area contributed by atoms with E-state index in [-0.39, 0.29) is 0 Å². The zero-order chi connectivity index (χ0) is 13.3. The molecule has 1 aromatic heterocycles. The van der Waals surface area contributed by atoms with Crippen LogP contribution in [0, 0.1) is 0 Å². The Bertz CT molecular complexity index is 571. The third-order valence-corrected chi connectivity index (χ3v) is 3.85. The van der Waals surface area contributed by atoms with Crippen LogP contribution >= 0.6 is 39.1 Å². The van der Waals surface area contributed by atoms with Crippen molar-refractivity contribution < 1.29 is 9.15 Å². The van der Waals surface area contributed by atoms with Crippen molar-refractivity contribution >= 4 is 39.1 Å². The summed E-state index contributed by atoms with van der Waals surface area (Å²) in [5.41, 5.74) is 7.67. The lowest BCUT2D eigenvalue weighted by molar-refractivity contribution is 0.415.